The van der Waals surface area contributed by atoms with Gasteiger partial charge in [-0.2, -0.15) is 0 Å². The summed E-state index contributed by atoms with van der Waals surface area (Å²) < 4.78 is 12.5. The van der Waals surface area contributed by atoms with Gasteiger partial charge in [-0.05, 0) is 31.5 Å². The van der Waals surface area contributed by atoms with Crippen molar-refractivity contribution in [1.29, 1.82) is 0 Å². The van der Waals surface area contributed by atoms with Crippen LogP contribution in [0.25, 0.3) is 0 Å². The fraction of sp³-hybridized carbons (Fsp3) is 0.364. The van der Waals surface area contributed by atoms with Crippen molar-refractivity contribution in [2.75, 3.05) is 6.61 Å². The molecule has 0 aromatic heterocycles. The number of rotatable bonds is 3. The number of aliphatic hydroxyl groups is 1. The van der Waals surface area contributed by atoms with Crippen molar-refractivity contribution < 1.29 is 9.50 Å². The topological polar surface area (TPSA) is 32.6 Å². The van der Waals surface area contributed by atoms with Gasteiger partial charge in [0.1, 0.15) is 5.82 Å². The van der Waals surface area contributed by atoms with Crippen LogP contribution in [-0.2, 0) is 0 Å². The molecule has 3 heteroatoms. The summed E-state index contributed by atoms with van der Waals surface area (Å²) in [6.45, 7) is 3.64. The van der Waals surface area contributed by atoms with Gasteiger partial charge < -0.3 is 5.11 Å². The molecule has 0 aliphatic carbocycles. The Kier molecular flexibility index (Phi) is 3.36. The van der Waals surface area contributed by atoms with Gasteiger partial charge in [0.15, 0.2) is 0 Å². The first-order valence-electron chi connectivity index (χ1n) is 4.45. The maximum absolute atomic E-state index is 12.5. The fourth-order valence-electron chi connectivity index (χ4n) is 0.839. The summed E-state index contributed by atoms with van der Waals surface area (Å²) in [6.07, 6.45) is 1.63. The van der Waals surface area contributed by atoms with E-state index in [1.807, 2.05) is 13.8 Å². The van der Waals surface area contributed by atoms with Crippen LogP contribution in [0.2, 0.25) is 0 Å². The highest BCUT2D eigenvalue weighted by Gasteiger charge is 2.12. The van der Waals surface area contributed by atoms with Crippen molar-refractivity contribution in [2.24, 2.45) is 4.99 Å². The van der Waals surface area contributed by atoms with Crippen molar-refractivity contribution in [3.63, 3.8) is 0 Å². The number of aliphatic hydroxyl groups excluding tert-OH is 1. The van der Waals surface area contributed by atoms with Crippen molar-refractivity contribution in [3.8, 4) is 0 Å². The van der Waals surface area contributed by atoms with Crippen LogP contribution in [-0.4, -0.2) is 23.5 Å². The predicted octanol–water partition coefficient (Wildman–Crippen LogP) is 2.02. The number of hydrogen-bond acceptors (Lipinski definition) is 2. The average Bonchev–Trinajstić information content (AvgIpc) is 2.17. The van der Waals surface area contributed by atoms with E-state index in [0.717, 1.165) is 5.56 Å². The second kappa shape index (κ2) is 4.33. The molecule has 0 aliphatic heterocycles. The second-order valence-corrected chi connectivity index (χ2v) is 3.78. The van der Waals surface area contributed by atoms with E-state index in [0.29, 0.717) is 0 Å². The van der Waals surface area contributed by atoms with E-state index in [1.54, 1.807) is 18.3 Å². The maximum Gasteiger partial charge on any atom is 0.123 e. The first kappa shape index (κ1) is 10.9. The Morgan fingerprint density at radius 3 is 2.43 bits per heavy atom. The van der Waals surface area contributed by atoms with Crippen LogP contribution in [0.3, 0.4) is 0 Å². The summed E-state index contributed by atoms with van der Waals surface area (Å²) in [7, 11) is 0. The largest absolute Gasteiger partial charge is 0.394 e. The molecule has 1 aromatic carbocycles. The van der Waals surface area contributed by atoms with Gasteiger partial charge in [-0.3, -0.25) is 4.99 Å². The molecule has 0 spiro atoms. The molecule has 0 unspecified atom stereocenters. The fourth-order valence-corrected chi connectivity index (χ4v) is 0.839. The zero-order valence-corrected chi connectivity index (χ0v) is 8.37. The number of hydrogen-bond donors (Lipinski definition) is 1. The van der Waals surface area contributed by atoms with Crippen LogP contribution < -0.4 is 0 Å². The summed E-state index contributed by atoms with van der Waals surface area (Å²) in [5.74, 6) is -0.261. The molecular weight excluding hydrogens is 181 g/mol. The number of nitrogens with zero attached hydrogens (tertiary/aromatic N) is 1. The van der Waals surface area contributed by atoms with Crippen LogP contribution in [0.5, 0.6) is 0 Å². The number of benzene rings is 1. The third-order valence-corrected chi connectivity index (χ3v) is 1.82. The highest BCUT2D eigenvalue weighted by molar-refractivity contribution is 5.79. The van der Waals surface area contributed by atoms with Crippen LogP contribution in [0.1, 0.15) is 19.4 Å². The Morgan fingerprint density at radius 1 is 1.36 bits per heavy atom. The lowest BCUT2D eigenvalue weighted by atomic mass is 10.1. The van der Waals surface area contributed by atoms with Crippen LogP contribution in [0.4, 0.5) is 4.39 Å². The minimum atomic E-state index is -0.478. The summed E-state index contributed by atoms with van der Waals surface area (Å²) in [6, 6.07) is 6.05. The minimum absolute atomic E-state index is 0.00923. The Hall–Kier alpha value is -1.22. The van der Waals surface area contributed by atoms with E-state index in [9.17, 15) is 4.39 Å². The Labute approximate surface area is 83.1 Å². The van der Waals surface area contributed by atoms with Gasteiger partial charge in [0.05, 0.1) is 12.1 Å². The highest BCUT2D eigenvalue weighted by atomic mass is 19.1. The predicted molar refractivity (Wildman–Crippen MR) is 55.2 cm³/mol. The molecule has 0 saturated carbocycles. The highest BCUT2D eigenvalue weighted by Crippen LogP contribution is 2.07. The summed E-state index contributed by atoms with van der Waals surface area (Å²) in [5.41, 5.74) is 0.349. The van der Waals surface area contributed by atoms with E-state index in [1.165, 1.54) is 12.1 Å². The van der Waals surface area contributed by atoms with E-state index in [2.05, 4.69) is 4.99 Å². The molecule has 14 heavy (non-hydrogen) atoms. The third-order valence-electron chi connectivity index (χ3n) is 1.82. The molecular formula is C11H14FNO. The number of halogens is 1. The molecule has 0 saturated heterocycles. The van der Waals surface area contributed by atoms with E-state index in [-0.39, 0.29) is 12.4 Å². The Balaban J connectivity index is 2.74. The maximum atomic E-state index is 12.5. The molecule has 0 heterocycles. The van der Waals surface area contributed by atoms with Crippen molar-refractivity contribution in [2.45, 2.75) is 19.4 Å². The Morgan fingerprint density at radius 2 is 1.93 bits per heavy atom. The van der Waals surface area contributed by atoms with Gasteiger partial charge in [0.2, 0.25) is 0 Å². The second-order valence-electron chi connectivity index (χ2n) is 3.78. The lowest BCUT2D eigenvalue weighted by Gasteiger charge is -2.14. The standard InChI is InChI=1S/C11H14FNO/c1-11(2,8-14)13-7-9-3-5-10(12)6-4-9/h3-7,14H,8H2,1-2H3. The molecule has 0 aliphatic rings. The Bertz CT molecular complexity index is 317. The first-order valence-corrected chi connectivity index (χ1v) is 4.45. The zero-order valence-electron chi connectivity index (χ0n) is 8.37. The lowest BCUT2D eigenvalue weighted by Crippen LogP contribution is -2.21. The van der Waals surface area contributed by atoms with E-state index in [4.69, 9.17) is 5.11 Å². The van der Waals surface area contributed by atoms with Crippen LogP contribution >= 0.6 is 0 Å². The third kappa shape index (κ3) is 3.26. The summed E-state index contributed by atoms with van der Waals surface area (Å²) in [4.78, 5) is 4.18. The molecule has 1 aromatic rings. The molecule has 1 N–H and O–H groups in total. The van der Waals surface area contributed by atoms with Crippen molar-refractivity contribution in [3.05, 3.63) is 35.6 Å². The molecule has 0 amide bonds. The van der Waals surface area contributed by atoms with E-state index < -0.39 is 5.54 Å². The van der Waals surface area contributed by atoms with Gasteiger partial charge in [0, 0.05) is 6.21 Å². The molecule has 0 bridgehead atoms. The smallest absolute Gasteiger partial charge is 0.123 e. The molecule has 0 atom stereocenters. The van der Waals surface area contributed by atoms with Crippen LogP contribution in [0.15, 0.2) is 29.3 Å². The van der Waals surface area contributed by atoms with Crippen molar-refractivity contribution in [1.82, 2.24) is 0 Å². The van der Waals surface area contributed by atoms with Crippen LogP contribution in [0, 0.1) is 5.82 Å². The zero-order chi connectivity index (χ0) is 10.6. The normalized spacial score (nSPS) is 12.3. The molecule has 1 rings (SSSR count). The van der Waals surface area contributed by atoms with Crippen molar-refractivity contribution >= 4 is 6.21 Å². The first-order chi connectivity index (χ1) is 6.53. The summed E-state index contributed by atoms with van der Waals surface area (Å²) in [5, 5.41) is 8.94. The minimum Gasteiger partial charge on any atom is -0.394 e. The SMILES string of the molecule is CC(C)(CO)N=Cc1ccc(F)cc1. The number of aliphatic imine (C=N–C) groups is 1. The lowest BCUT2D eigenvalue weighted by molar-refractivity contribution is 0.223. The van der Waals surface area contributed by atoms with Gasteiger partial charge in [-0.1, -0.05) is 12.1 Å². The monoisotopic (exact) mass is 195 g/mol. The quantitative estimate of drug-likeness (QED) is 0.735. The van der Waals surface area contributed by atoms with Gasteiger partial charge in [-0.25, -0.2) is 4.39 Å². The summed E-state index contributed by atoms with van der Waals surface area (Å²) >= 11 is 0. The molecule has 0 radical (unpaired) electrons. The van der Waals surface area contributed by atoms with Gasteiger partial charge in [-0.15, -0.1) is 0 Å². The van der Waals surface area contributed by atoms with E-state index >= 15 is 0 Å². The van der Waals surface area contributed by atoms with Gasteiger partial charge >= 0.3 is 0 Å². The average molecular weight is 195 g/mol. The molecule has 0 fully saturated rings. The molecule has 2 nitrogen and oxygen atoms in total. The van der Waals surface area contributed by atoms with Gasteiger partial charge in [0.25, 0.3) is 0 Å². The molecule has 76 valence electrons.